The molecule has 2 aromatic heterocycles. The molecule has 1 saturated heterocycles. The van der Waals surface area contributed by atoms with Crippen LogP contribution in [-0.4, -0.2) is 65.2 Å². The van der Waals surface area contributed by atoms with Crippen LogP contribution in [0.3, 0.4) is 0 Å². The molecule has 23 heavy (non-hydrogen) atoms. The predicted octanol–water partition coefficient (Wildman–Crippen LogP) is 1.08. The number of methoxy groups -OCH3 is 1. The van der Waals surface area contributed by atoms with E-state index in [4.69, 9.17) is 4.42 Å². The van der Waals surface area contributed by atoms with E-state index >= 15 is 0 Å². The van der Waals surface area contributed by atoms with Crippen molar-refractivity contribution in [1.29, 1.82) is 0 Å². The molecule has 3 heterocycles. The largest absolute Gasteiger partial charge is 0.463 e. The number of esters is 1. The second-order valence-electron chi connectivity index (χ2n) is 5.68. The summed E-state index contributed by atoms with van der Waals surface area (Å²) in [5.74, 6) is 0.638. The molecule has 0 radical (unpaired) electrons. The van der Waals surface area contributed by atoms with Gasteiger partial charge in [0.2, 0.25) is 5.76 Å². The highest BCUT2D eigenvalue weighted by Crippen LogP contribution is 2.13. The van der Waals surface area contributed by atoms with Gasteiger partial charge in [0, 0.05) is 51.7 Å². The fourth-order valence-electron chi connectivity index (χ4n) is 2.74. The lowest BCUT2D eigenvalue weighted by Gasteiger charge is -2.34. The minimum absolute atomic E-state index is 0.265. The topological polar surface area (TPSA) is 63.7 Å². The van der Waals surface area contributed by atoms with Crippen LogP contribution < -0.4 is 0 Å². The van der Waals surface area contributed by atoms with Crippen LogP contribution >= 0.6 is 0 Å². The Hall–Kier alpha value is -2.12. The highest BCUT2D eigenvalue weighted by Gasteiger charge is 2.19. The van der Waals surface area contributed by atoms with Gasteiger partial charge in [-0.05, 0) is 12.1 Å². The third-order valence-corrected chi connectivity index (χ3v) is 4.13. The molecular weight excluding hydrogens is 296 g/mol. The molecule has 1 aliphatic heterocycles. The van der Waals surface area contributed by atoms with Crippen molar-refractivity contribution < 1.29 is 13.9 Å². The number of piperazine rings is 1. The predicted molar refractivity (Wildman–Crippen MR) is 84.0 cm³/mol. The normalized spacial score (nSPS) is 16.6. The Bertz CT molecular complexity index is 615. The van der Waals surface area contributed by atoms with Crippen LogP contribution in [0, 0.1) is 0 Å². The van der Waals surface area contributed by atoms with Crippen molar-refractivity contribution in [3.63, 3.8) is 0 Å². The number of furan rings is 1. The molecule has 0 bridgehead atoms. The van der Waals surface area contributed by atoms with Gasteiger partial charge in [-0.2, -0.15) is 0 Å². The van der Waals surface area contributed by atoms with Crippen molar-refractivity contribution in [3.8, 4) is 0 Å². The molecule has 7 nitrogen and oxygen atoms in total. The van der Waals surface area contributed by atoms with E-state index in [0.717, 1.165) is 51.6 Å². The number of nitrogens with zero attached hydrogens (tertiary/aromatic N) is 4. The van der Waals surface area contributed by atoms with Crippen molar-refractivity contribution in [3.05, 3.63) is 42.4 Å². The first-order valence-corrected chi connectivity index (χ1v) is 7.82. The number of carbonyl (C=O) groups excluding carboxylic acids is 1. The third kappa shape index (κ3) is 4.20. The van der Waals surface area contributed by atoms with Crippen LogP contribution in [0.5, 0.6) is 0 Å². The molecule has 0 spiro atoms. The second kappa shape index (κ2) is 7.43. The molecule has 1 aliphatic rings. The van der Waals surface area contributed by atoms with Gasteiger partial charge in [0.15, 0.2) is 0 Å². The number of ether oxygens (including phenoxy) is 1. The van der Waals surface area contributed by atoms with E-state index in [9.17, 15) is 4.79 Å². The monoisotopic (exact) mass is 318 g/mol. The molecule has 0 unspecified atom stereocenters. The van der Waals surface area contributed by atoms with Crippen LogP contribution in [0.4, 0.5) is 0 Å². The summed E-state index contributed by atoms with van der Waals surface area (Å²) in [4.78, 5) is 20.2. The summed E-state index contributed by atoms with van der Waals surface area (Å²) in [6.07, 6.45) is 5.65. The Morgan fingerprint density at radius 3 is 2.70 bits per heavy atom. The van der Waals surface area contributed by atoms with Crippen molar-refractivity contribution in [2.45, 2.75) is 13.1 Å². The summed E-state index contributed by atoms with van der Waals surface area (Å²) in [5, 5.41) is 0. The maximum atomic E-state index is 11.4. The summed E-state index contributed by atoms with van der Waals surface area (Å²) < 4.78 is 12.3. The maximum absolute atomic E-state index is 11.4. The molecule has 0 N–H and O–H groups in total. The summed E-state index contributed by atoms with van der Waals surface area (Å²) in [6, 6.07) is 3.51. The Kier molecular flexibility index (Phi) is 5.09. The van der Waals surface area contributed by atoms with Crippen molar-refractivity contribution in [2.75, 3.05) is 39.8 Å². The fraction of sp³-hybridized carbons (Fsp3) is 0.500. The summed E-state index contributed by atoms with van der Waals surface area (Å²) in [6.45, 7) is 6.82. The number of carbonyl (C=O) groups is 1. The molecule has 3 rings (SSSR count). The zero-order valence-electron chi connectivity index (χ0n) is 13.4. The number of aromatic nitrogens is 2. The smallest absolute Gasteiger partial charge is 0.373 e. The Labute approximate surface area is 135 Å². The van der Waals surface area contributed by atoms with Gasteiger partial charge in [0.1, 0.15) is 5.76 Å². The summed E-state index contributed by atoms with van der Waals surface area (Å²) in [7, 11) is 1.35. The second-order valence-corrected chi connectivity index (χ2v) is 5.68. The number of hydrogen-bond donors (Lipinski definition) is 0. The van der Waals surface area contributed by atoms with Crippen LogP contribution in [0.15, 0.2) is 35.3 Å². The highest BCUT2D eigenvalue weighted by molar-refractivity contribution is 5.86. The van der Waals surface area contributed by atoms with E-state index in [1.54, 1.807) is 6.07 Å². The molecule has 124 valence electrons. The standard InChI is InChI=1S/C16H22N4O3/c1-22-16(21)15-3-2-14(23-15)12-19-9-6-18(7-10-19)8-11-20-5-4-17-13-20/h2-5,13H,6-12H2,1H3. The van der Waals surface area contributed by atoms with Gasteiger partial charge in [-0.3, -0.25) is 9.80 Å². The average molecular weight is 318 g/mol. The minimum Gasteiger partial charge on any atom is -0.463 e. The molecule has 2 aromatic rings. The number of hydrogen-bond acceptors (Lipinski definition) is 6. The van der Waals surface area contributed by atoms with Gasteiger partial charge < -0.3 is 13.7 Å². The Balaban J connectivity index is 1.42. The van der Waals surface area contributed by atoms with E-state index in [-0.39, 0.29) is 5.76 Å². The van der Waals surface area contributed by atoms with Gasteiger partial charge in [-0.15, -0.1) is 0 Å². The Morgan fingerprint density at radius 1 is 1.22 bits per heavy atom. The molecule has 0 atom stereocenters. The van der Waals surface area contributed by atoms with Gasteiger partial charge in [-0.25, -0.2) is 9.78 Å². The van der Waals surface area contributed by atoms with E-state index in [0.29, 0.717) is 0 Å². The van der Waals surface area contributed by atoms with Crippen molar-refractivity contribution >= 4 is 5.97 Å². The zero-order chi connectivity index (χ0) is 16.1. The first-order chi connectivity index (χ1) is 11.2. The van der Waals surface area contributed by atoms with E-state index in [1.807, 2.05) is 24.8 Å². The maximum Gasteiger partial charge on any atom is 0.373 e. The molecule has 0 saturated carbocycles. The molecule has 0 aromatic carbocycles. The van der Waals surface area contributed by atoms with E-state index in [2.05, 4.69) is 24.1 Å². The molecule has 7 heteroatoms. The lowest BCUT2D eigenvalue weighted by Crippen LogP contribution is -2.46. The highest BCUT2D eigenvalue weighted by atomic mass is 16.5. The first-order valence-electron chi connectivity index (χ1n) is 7.82. The summed E-state index contributed by atoms with van der Waals surface area (Å²) in [5.41, 5.74) is 0. The fourth-order valence-corrected chi connectivity index (χ4v) is 2.74. The van der Waals surface area contributed by atoms with Crippen LogP contribution in [0.2, 0.25) is 0 Å². The number of rotatable bonds is 6. The summed E-state index contributed by atoms with van der Waals surface area (Å²) >= 11 is 0. The van der Waals surface area contributed by atoms with Crippen molar-refractivity contribution in [1.82, 2.24) is 19.4 Å². The quantitative estimate of drug-likeness (QED) is 0.743. The van der Waals surface area contributed by atoms with Gasteiger partial charge in [0.05, 0.1) is 20.0 Å². The van der Waals surface area contributed by atoms with E-state index in [1.165, 1.54) is 7.11 Å². The average Bonchev–Trinajstić information content (AvgIpc) is 3.25. The van der Waals surface area contributed by atoms with Gasteiger partial charge in [0.25, 0.3) is 0 Å². The molecule has 0 aliphatic carbocycles. The minimum atomic E-state index is -0.430. The van der Waals surface area contributed by atoms with Crippen molar-refractivity contribution in [2.24, 2.45) is 0 Å². The van der Waals surface area contributed by atoms with E-state index < -0.39 is 5.97 Å². The van der Waals surface area contributed by atoms with Crippen LogP contribution in [0.1, 0.15) is 16.3 Å². The third-order valence-electron chi connectivity index (χ3n) is 4.13. The number of imidazole rings is 1. The Morgan fingerprint density at radius 2 is 2.00 bits per heavy atom. The molecular formula is C16H22N4O3. The molecule has 0 amide bonds. The SMILES string of the molecule is COC(=O)c1ccc(CN2CCN(CCn3ccnc3)CC2)o1. The van der Waals surface area contributed by atoms with Gasteiger partial charge in [-0.1, -0.05) is 0 Å². The van der Waals surface area contributed by atoms with Crippen LogP contribution in [-0.2, 0) is 17.8 Å². The van der Waals surface area contributed by atoms with Crippen LogP contribution in [0.25, 0.3) is 0 Å². The lowest BCUT2D eigenvalue weighted by atomic mass is 10.3. The molecule has 1 fully saturated rings. The van der Waals surface area contributed by atoms with Gasteiger partial charge >= 0.3 is 5.97 Å². The zero-order valence-corrected chi connectivity index (χ0v) is 13.4. The first kappa shape index (κ1) is 15.8. The lowest BCUT2D eigenvalue weighted by molar-refractivity contribution is 0.0559.